The second-order valence-corrected chi connectivity index (χ2v) is 6.43. The van der Waals surface area contributed by atoms with Crippen molar-refractivity contribution in [1.82, 2.24) is 15.0 Å². The van der Waals surface area contributed by atoms with Gasteiger partial charge in [-0.3, -0.25) is 4.79 Å². The van der Waals surface area contributed by atoms with Gasteiger partial charge in [0, 0.05) is 17.6 Å². The van der Waals surface area contributed by atoms with Crippen LogP contribution in [0.4, 0.5) is 0 Å². The summed E-state index contributed by atoms with van der Waals surface area (Å²) in [4.78, 5) is 13.2. The van der Waals surface area contributed by atoms with Crippen LogP contribution in [0.25, 0.3) is 0 Å². The molecule has 0 saturated carbocycles. The molecule has 3 N–H and O–H groups in total. The lowest BCUT2D eigenvalue weighted by atomic mass is 10.5. The summed E-state index contributed by atoms with van der Waals surface area (Å²) in [5, 5.41) is 3.89. The SMILES string of the molecule is CNCC(C)S(=O)(=O)NCc1csc(=O)[nH]1. The van der Waals surface area contributed by atoms with Crippen molar-refractivity contribution < 1.29 is 8.42 Å². The van der Waals surface area contributed by atoms with Gasteiger partial charge in [-0.2, -0.15) is 0 Å². The first kappa shape index (κ1) is 13.4. The third-order valence-corrected chi connectivity index (χ3v) is 4.55. The molecule has 8 heteroatoms. The molecule has 0 saturated heterocycles. The Morgan fingerprint density at radius 2 is 2.25 bits per heavy atom. The molecule has 1 atom stereocenters. The molecule has 0 fully saturated rings. The molecule has 1 heterocycles. The molecule has 1 rings (SSSR count). The third-order valence-electron chi connectivity index (χ3n) is 2.06. The van der Waals surface area contributed by atoms with Crippen LogP contribution >= 0.6 is 11.3 Å². The largest absolute Gasteiger partial charge is 0.318 e. The molecule has 0 aromatic carbocycles. The zero-order valence-corrected chi connectivity index (χ0v) is 10.7. The Hall–Kier alpha value is -0.700. The number of nitrogens with one attached hydrogen (secondary N) is 3. The Balaban J connectivity index is 2.57. The summed E-state index contributed by atoms with van der Waals surface area (Å²) in [5.74, 6) is 0. The molecule has 0 radical (unpaired) electrons. The predicted octanol–water partition coefficient (Wildman–Crippen LogP) is -0.536. The van der Waals surface area contributed by atoms with Crippen molar-refractivity contribution in [2.75, 3.05) is 13.6 Å². The van der Waals surface area contributed by atoms with E-state index in [2.05, 4.69) is 15.0 Å². The van der Waals surface area contributed by atoms with Gasteiger partial charge in [-0.15, -0.1) is 0 Å². The fraction of sp³-hybridized carbons (Fsp3) is 0.625. The van der Waals surface area contributed by atoms with Crippen LogP contribution in [-0.2, 0) is 16.6 Å². The smallest absolute Gasteiger partial charge is 0.304 e. The van der Waals surface area contributed by atoms with Gasteiger partial charge in [0.05, 0.1) is 11.8 Å². The van der Waals surface area contributed by atoms with Crippen LogP contribution in [0.3, 0.4) is 0 Å². The average molecular weight is 265 g/mol. The number of rotatable bonds is 6. The number of H-pyrrole nitrogens is 1. The van der Waals surface area contributed by atoms with Crippen molar-refractivity contribution >= 4 is 21.4 Å². The minimum absolute atomic E-state index is 0.120. The number of sulfonamides is 1. The highest BCUT2D eigenvalue weighted by atomic mass is 32.2. The summed E-state index contributed by atoms with van der Waals surface area (Å²) in [6.45, 7) is 2.12. The van der Waals surface area contributed by atoms with Gasteiger partial charge >= 0.3 is 4.87 Å². The molecule has 0 aliphatic carbocycles. The molecule has 1 unspecified atom stereocenters. The van der Waals surface area contributed by atoms with Crippen LogP contribution in [0.5, 0.6) is 0 Å². The highest BCUT2D eigenvalue weighted by Crippen LogP contribution is 2.00. The van der Waals surface area contributed by atoms with Crippen LogP contribution in [0.2, 0.25) is 0 Å². The zero-order valence-electron chi connectivity index (χ0n) is 9.11. The van der Waals surface area contributed by atoms with Crippen LogP contribution in [0.15, 0.2) is 10.2 Å². The van der Waals surface area contributed by atoms with Crippen LogP contribution in [0.1, 0.15) is 12.6 Å². The Labute approximate surface area is 98.1 Å². The van der Waals surface area contributed by atoms with E-state index in [1.807, 2.05) is 0 Å². The van der Waals surface area contributed by atoms with Crippen molar-refractivity contribution in [2.24, 2.45) is 0 Å². The van der Waals surface area contributed by atoms with E-state index >= 15 is 0 Å². The van der Waals surface area contributed by atoms with E-state index in [1.165, 1.54) is 0 Å². The number of hydrogen-bond donors (Lipinski definition) is 3. The second-order valence-electron chi connectivity index (χ2n) is 3.41. The van der Waals surface area contributed by atoms with E-state index in [0.717, 1.165) is 11.3 Å². The van der Waals surface area contributed by atoms with Gasteiger partial charge in [0.15, 0.2) is 0 Å². The minimum Gasteiger partial charge on any atom is -0.318 e. The summed E-state index contributed by atoms with van der Waals surface area (Å²) in [6.07, 6.45) is 0. The molecule has 0 spiro atoms. The molecule has 0 aliphatic rings. The molecule has 6 nitrogen and oxygen atoms in total. The van der Waals surface area contributed by atoms with Gasteiger partial charge in [0.2, 0.25) is 10.0 Å². The molecular weight excluding hydrogens is 250 g/mol. The highest BCUT2D eigenvalue weighted by Gasteiger charge is 2.19. The molecule has 0 amide bonds. The van der Waals surface area contributed by atoms with Crippen LogP contribution < -0.4 is 14.9 Å². The normalized spacial score (nSPS) is 13.9. The van der Waals surface area contributed by atoms with E-state index in [4.69, 9.17) is 0 Å². The average Bonchev–Trinajstić information content (AvgIpc) is 2.62. The van der Waals surface area contributed by atoms with Crippen LogP contribution in [-0.4, -0.2) is 32.2 Å². The van der Waals surface area contributed by atoms with Crippen molar-refractivity contribution in [3.05, 3.63) is 20.7 Å². The summed E-state index contributed by atoms with van der Waals surface area (Å²) < 4.78 is 25.8. The maximum Gasteiger partial charge on any atom is 0.304 e. The number of thiazole rings is 1. The standard InChI is InChI=1S/C8H15N3O3S2/c1-6(3-9-2)16(13,14)10-4-7-5-15-8(12)11-7/h5-6,9-10H,3-4H2,1-2H3,(H,11,12). The number of aromatic nitrogens is 1. The summed E-state index contributed by atoms with van der Waals surface area (Å²) in [7, 11) is -1.64. The Bertz CT molecular complexity index is 477. The van der Waals surface area contributed by atoms with E-state index in [9.17, 15) is 13.2 Å². The van der Waals surface area contributed by atoms with Gasteiger partial charge in [0.1, 0.15) is 0 Å². The molecule has 1 aromatic heterocycles. The van der Waals surface area contributed by atoms with Crippen LogP contribution in [0, 0.1) is 0 Å². The van der Waals surface area contributed by atoms with Gasteiger partial charge in [0.25, 0.3) is 0 Å². The lowest BCUT2D eigenvalue weighted by molar-refractivity contribution is 0.562. The lowest BCUT2D eigenvalue weighted by Gasteiger charge is -2.12. The summed E-state index contributed by atoms with van der Waals surface area (Å²) in [6, 6.07) is 0. The third kappa shape index (κ3) is 3.71. The summed E-state index contributed by atoms with van der Waals surface area (Å²) >= 11 is 1.02. The minimum atomic E-state index is -3.34. The second kappa shape index (κ2) is 5.58. The van der Waals surface area contributed by atoms with Crippen molar-refractivity contribution in [1.29, 1.82) is 0 Å². The Kier molecular flexibility index (Phi) is 4.66. The topological polar surface area (TPSA) is 91.1 Å². The van der Waals surface area contributed by atoms with E-state index in [0.29, 0.717) is 12.2 Å². The van der Waals surface area contributed by atoms with Gasteiger partial charge < -0.3 is 10.3 Å². The van der Waals surface area contributed by atoms with E-state index in [1.54, 1.807) is 19.4 Å². The first-order valence-corrected chi connectivity index (χ1v) is 7.18. The van der Waals surface area contributed by atoms with Crippen molar-refractivity contribution in [3.8, 4) is 0 Å². The molecule has 0 bridgehead atoms. The van der Waals surface area contributed by atoms with Gasteiger partial charge in [-0.25, -0.2) is 13.1 Å². The molecule has 0 aliphatic heterocycles. The monoisotopic (exact) mass is 265 g/mol. The Morgan fingerprint density at radius 3 is 2.75 bits per heavy atom. The lowest BCUT2D eigenvalue weighted by Crippen LogP contribution is -2.37. The zero-order chi connectivity index (χ0) is 12.2. The van der Waals surface area contributed by atoms with E-state index < -0.39 is 15.3 Å². The van der Waals surface area contributed by atoms with Gasteiger partial charge in [-0.05, 0) is 14.0 Å². The summed E-state index contributed by atoms with van der Waals surface area (Å²) in [5.41, 5.74) is 0.579. The maximum atomic E-state index is 11.7. The number of aromatic amines is 1. The van der Waals surface area contributed by atoms with E-state index in [-0.39, 0.29) is 11.4 Å². The van der Waals surface area contributed by atoms with Crippen molar-refractivity contribution in [2.45, 2.75) is 18.7 Å². The van der Waals surface area contributed by atoms with Crippen molar-refractivity contribution in [3.63, 3.8) is 0 Å². The predicted molar refractivity (Wildman–Crippen MR) is 64.1 cm³/mol. The molecule has 1 aromatic rings. The molecule has 16 heavy (non-hydrogen) atoms. The molecular formula is C8H15N3O3S2. The maximum absolute atomic E-state index is 11.7. The number of hydrogen-bond acceptors (Lipinski definition) is 5. The van der Waals surface area contributed by atoms with Gasteiger partial charge in [-0.1, -0.05) is 11.3 Å². The Morgan fingerprint density at radius 1 is 1.56 bits per heavy atom. The first-order valence-electron chi connectivity index (χ1n) is 4.75. The fourth-order valence-corrected chi connectivity index (χ4v) is 2.73. The first-order chi connectivity index (χ1) is 7.45. The fourth-order valence-electron chi connectivity index (χ4n) is 1.12. The molecule has 92 valence electrons. The highest BCUT2D eigenvalue weighted by molar-refractivity contribution is 7.90. The quantitative estimate of drug-likeness (QED) is 0.644.